The molecule has 1 N–H and O–H groups in total. The summed E-state index contributed by atoms with van der Waals surface area (Å²) in [4.78, 5) is 44.3. The highest BCUT2D eigenvalue weighted by molar-refractivity contribution is 6.22. The van der Waals surface area contributed by atoms with Gasteiger partial charge in [0.2, 0.25) is 11.8 Å². The van der Waals surface area contributed by atoms with Crippen molar-refractivity contribution in [2.75, 3.05) is 0 Å². The van der Waals surface area contributed by atoms with E-state index in [1.54, 1.807) is 36.5 Å². The standard InChI is InChI=1S/C24H27N3O4/c1-15(2)20(27-23(29)18-11-5-6-12-19(18)24(27)30)21(28)26-14-16-8-7-13-25-22(16)31-17-9-3-4-10-17/h5-8,11-13,15,17,20H,3-4,9-10,14H2,1-2H3,(H,26,28). The first kappa shape index (κ1) is 21.0. The highest BCUT2D eigenvalue weighted by atomic mass is 16.5. The molecule has 2 heterocycles. The Morgan fingerprint density at radius 3 is 2.35 bits per heavy atom. The first-order valence-electron chi connectivity index (χ1n) is 10.8. The summed E-state index contributed by atoms with van der Waals surface area (Å²) in [6, 6.07) is 9.43. The minimum Gasteiger partial charge on any atom is -0.474 e. The van der Waals surface area contributed by atoms with Crippen LogP contribution in [0, 0.1) is 5.92 Å². The predicted molar refractivity (Wildman–Crippen MR) is 115 cm³/mol. The van der Waals surface area contributed by atoms with Crippen molar-refractivity contribution in [1.82, 2.24) is 15.2 Å². The number of hydrogen-bond acceptors (Lipinski definition) is 5. The average molecular weight is 421 g/mol. The summed E-state index contributed by atoms with van der Waals surface area (Å²) in [7, 11) is 0. The minimum atomic E-state index is -0.900. The molecule has 1 aliphatic heterocycles. The van der Waals surface area contributed by atoms with Gasteiger partial charge in [0, 0.05) is 18.3 Å². The molecule has 0 spiro atoms. The van der Waals surface area contributed by atoms with Crippen molar-refractivity contribution >= 4 is 17.7 Å². The zero-order valence-electron chi connectivity index (χ0n) is 17.8. The third kappa shape index (κ3) is 4.17. The summed E-state index contributed by atoms with van der Waals surface area (Å²) >= 11 is 0. The molecule has 1 unspecified atom stereocenters. The van der Waals surface area contributed by atoms with Crippen LogP contribution >= 0.6 is 0 Å². The van der Waals surface area contributed by atoms with Gasteiger partial charge in [0.05, 0.1) is 11.1 Å². The summed E-state index contributed by atoms with van der Waals surface area (Å²) < 4.78 is 6.04. The first-order valence-corrected chi connectivity index (χ1v) is 10.8. The van der Waals surface area contributed by atoms with Crippen LogP contribution in [0.25, 0.3) is 0 Å². The van der Waals surface area contributed by atoms with Gasteiger partial charge in [-0.2, -0.15) is 0 Å². The van der Waals surface area contributed by atoms with Crippen LogP contribution in [-0.4, -0.2) is 39.8 Å². The van der Waals surface area contributed by atoms with Crippen LogP contribution in [-0.2, 0) is 11.3 Å². The zero-order valence-corrected chi connectivity index (χ0v) is 17.8. The predicted octanol–water partition coefficient (Wildman–Crippen LogP) is 3.34. The number of carbonyl (C=O) groups excluding carboxylic acids is 3. The number of nitrogens with zero attached hydrogens (tertiary/aromatic N) is 2. The number of ether oxygens (including phenoxy) is 1. The van der Waals surface area contributed by atoms with Crippen molar-refractivity contribution in [2.45, 2.75) is 58.2 Å². The molecule has 2 aliphatic rings. The van der Waals surface area contributed by atoms with Crippen LogP contribution in [0.1, 0.15) is 65.8 Å². The summed E-state index contributed by atoms with van der Waals surface area (Å²) in [5.74, 6) is -0.954. The van der Waals surface area contributed by atoms with Gasteiger partial charge in [-0.05, 0) is 49.8 Å². The minimum absolute atomic E-state index is 0.158. The van der Waals surface area contributed by atoms with Gasteiger partial charge in [-0.15, -0.1) is 0 Å². The molecule has 31 heavy (non-hydrogen) atoms. The van der Waals surface area contributed by atoms with E-state index in [0.717, 1.165) is 36.1 Å². The molecule has 1 fully saturated rings. The Labute approximate surface area is 181 Å². The van der Waals surface area contributed by atoms with Crippen molar-refractivity contribution in [1.29, 1.82) is 0 Å². The van der Waals surface area contributed by atoms with E-state index in [0.29, 0.717) is 17.0 Å². The highest BCUT2D eigenvalue weighted by Gasteiger charge is 2.43. The lowest BCUT2D eigenvalue weighted by molar-refractivity contribution is -0.126. The molecule has 3 amide bonds. The Bertz CT molecular complexity index is 963. The summed E-state index contributed by atoms with van der Waals surface area (Å²) in [5, 5.41) is 2.89. The third-order valence-corrected chi connectivity index (χ3v) is 5.89. The Morgan fingerprint density at radius 1 is 1.10 bits per heavy atom. The van der Waals surface area contributed by atoms with E-state index >= 15 is 0 Å². The fraction of sp³-hybridized carbons (Fsp3) is 0.417. The number of imide groups is 1. The molecule has 162 valence electrons. The van der Waals surface area contributed by atoms with E-state index in [-0.39, 0.29) is 24.5 Å². The van der Waals surface area contributed by atoms with E-state index in [1.165, 1.54) is 0 Å². The maximum Gasteiger partial charge on any atom is 0.262 e. The Balaban J connectivity index is 1.49. The fourth-order valence-electron chi connectivity index (χ4n) is 4.29. The van der Waals surface area contributed by atoms with Crippen LogP contribution in [0.2, 0.25) is 0 Å². The van der Waals surface area contributed by atoms with Crippen molar-refractivity contribution in [3.05, 3.63) is 59.3 Å². The highest BCUT2D eigenvalue weighted by Crippen LogP contribution is 2.28. The van der Waals surface area contributed by atoms with Crippen LogP contribution in [0.4, 0.5) is 0 Å². The number of carbonyl (C=O) groups is 3. The van der Waals surface area contributed by atoms with E-state index in [9.17, 15) is 14.4 Å². The average Bonchev–Trinajstić information content (AvgIpc) is 3.36. The van der Waals surface area contributed by atoms with Gasteiger partial charge in [0.15, 0.2) is 0 Å². The normalized spacial score (nSPS) is 17.2. The van der Waals surface area contributed by atoms with E-state index in [1.807, 2.05) is 19.9 Å². The number of pyridine rings is 1. The SMILES string of the molecule is CC(C)C(C(=O)NCc1cccnc1OC1CCCC1)N1C(=O)c2ccccc2C1=O. The van der Waals surface area contributed by atoms with E-state index in [2.05, 4.69) is 10.3 Å². The number of rotatable bonds is 7. The molecule has 0 saturated heterocycles. The van der Waals surface area contributed by atoms with Gasteiger partial charge in [0.1, 0.15) is 12.1 Å². The number of benzene rings is 1. The molecular formula is C24H27N3O4. The first-order chi connectivity index (χ1) is 15.0. The second-order valence-corrected chi connectivity index (χ2v) is 8.42. The van der Waals surface area contributed by atoms with Gasteiger partial charge in [-0.3, -0.25) is 19.3 Å². The van der Waals surface area contributed by atoms with Crippen LogP contribution in [0.5, 0.6) is 5.88 Å². The molecule has 7 heteroatoms. The lowest BCUT2D eigenvalue weighted by Crippen LogP contribution is -2.52. The maximum atomic E-state index is 13.1. The molecule has 0 radical (unpaired) electrons. The zero-order chi connectivity index (χ0) is 22.0. The number of nitrogens with one attached hydrogen (secondary N) is 1. The summed E-state index contributed by atoms with van der Waals surface area (Å²) in [5.41, 5.74) is 1.45. The monoisotopic (exact) mass is 421 g/mol. The van der Waals surface area contributed by atoms with Gasteiger partial charge in [0.25, 0.3) is 11.8 Å². The summed E-state index contributed by atoms with van der Waals surface area (Å²) in [6.45, 7) is 3.86. The fourth-order valence-corrected chi connectivity index (χ4v) is 4.29. The summed E-state index contributed by atoms with van der Waals surface area (Å²) in [6.07, 6.45) is 6.16. The van der Waals surface area contributed by atoms with Crippen molar-refractivity contribution < 1.29 is 19.1 Å². The van der Waals surface area contributed by atoms with Crippen molar-refractivity contribution in [3.63, 3.8) is 0 Å². The Morgan fingerprint density at radius 2 is 1.74 bits per heavy atom. The van der Waals surface area contributed by atoms with E-state index in [4.69, 9.17) is 4.74 Å². The van der Waals surface area contributed by atoms with Gasteiger partial charge in [-0.1, -0.05) is 32.0 Å². The van der Waals surface area contributed by atoms with E-state index < -0.39 is 17.9 Å². The number of aromatic nitrogens is 1. The molecule has 1 aliphatic carbocycles. The number of amides is 3. The molecule has 4 rings (SSSR count). The van der Waals surface area contributed by atoms with Crippen LogP contribution in [0.3, 0.4) is 0 Å². The molecule has 7 nitrogen and oxygen atoms in total. The molecule has 1 atom stereocenters. The van der Waals surface area contributed by atoms with Crippen LogP contribution in [0.15, 0.2) is 42.6 Å². The largest absolute Gasteiger partial charge is 0.474 e. The lowest BCUT2D eigenvalue weighted by Gasteiger charge is -2.28. The van der Waals surface area contributed by atoms with Crippen molar-refractivity contribution in [2.24, 2.45) is 5.92 Å². The van der Waals surface area contributed by atoms with Gasteiger partial charge in [-0.25, -0.2) is 4.98 Å². The number of fused-ring (bicyclic) bond motifs is 1. The third-order valence-electron chi connectivity index (χ3n) is 5.89. The quantitative estimate of drug-likeness (QED) is 0.693. The van der Waals surface area contributed by atoms with Gasteiger partial charge >= 0.3 is 0 Å². The lowest BCUT2D eigenvalue weighted by atomic mass is 10.0. The second kappa shape index (κ2) is 8.88. The number of hydrogen-bond donors (Lipinski definition) is 1. The molecule has 0 bridgehead atoms. The maximum absolute atomic E-state index is 13.1. The molecule has 1 aromatic heterocycles. The molecular weight excluding hydrogens is 394 g/mol. The topological polar surface area (TPSA) is 88.6 Å². The van der Waals surface area contributed by atoms with Crippen LogP contribution < -0.4 is 10.1 Å². The molecule has 2 aromatic rings. The van der Waals surface area contributed by atoms with Gasteiger partial charge < -0.3 is 10.1 Å². The Hall–Kier alpha value is -3.22. The second-order valence-electron chi connectivity index (χ2n) is 8.42. The molecule has 1 aromatic carbocycles. The Kier molecular flexibility index (Phi) is 6.02. The van der Waals surface area contributed by atoms with Crippen molar-refractivity contribution in [3.8, 4) is 5.88 Å². The smallest absolute Gasteiger partial charge is 0.262 e. The molecule has 1 saturated carbocycles.